The minimum atomic E-state index is 0.188. The van der Waals surface area contributed by atoms with Gasteiger partial charge in [-0.25, -0.2) is 0 Å². The Kier molecular flexibility index (Phi) is 4.76. The topological polar surface area (TPSA) is 74.2 Å². The van der Waals surface area contributed by atoms with Crippen molar-refractivity contribution < 1.29 is 9.26 Å². The fourth-order valence-electron chi connectivity index (χ4n) is 1.68. The number of aryl methyl sites for hydroxylation is 1. The second-order valence-corrected chi connectivity index (χ2v) is 4.48. The molecule has 2 rings (SSSR count). The lowest BCUT2D eigenvalue weighted by Gasteiger charge is -2.10. The van der Waals surface area contributed by atoms with E-state index < -0.39 is 0 Å². The van der Waals surface area contributed by atoms with Gasteiger partial charge in [0.2, 0.25) is 0 Å². The Hall–Kier alpha value is -1.59. The smallest absolute Gasteiger partial charge is 0.264 e. The van der Waals surface area contributed by atoms with Crippen LogP contribution in [0.1, 0.15) is 30.6 Å². The van der Waals surface area contributed by atoms with Crippen molar-refractivity contribution in [1.82, 2.24) is 10.1 Å². The van der Waals surface area contributed by atoms with E-state index in [0.717, 1.165) is 18.4 Å². The first-order valence-electron chi connectivity index (χ1n) is 6.16. The van der Waals surface area contributed by atoms with Gasteiger partial charge < -0.3 is 15.0 Å². The average molecular weight is 282 g/mol. The van der Waals surface area contributed by atoms with Crippen LogP contribution in [-0.4, -0.2) is 10.1 Å². The number of hydrogen-bond donors (Lipinski definition) is 1. The third-order valence-corrected chi connectivity index (χ3v) is 2.89. The van der Waals surface area contributed by atoms with Crippen molar-refractivity contribution in [3.63, 3.8) is 0 Å². The van der Waals surface area contributed by atoms with Crippen LogP contribution < -0.4 is 10.5 Å². The van der Waals surface area contributed by atoms with Crippen molar-refractivity contribution >= 4 is 11.6 Å². The summed E-state index contributed by atoms with van der Waals surface area (Å²) in [7, 11) is 0. The Balaban J connectivity index is 2.05. The predicted octanol–water partition coefficient (Wildman–Crippen LogP) is 2.71. The van der Waals surface area contributed by atoms with Crippen molar-refractivity contribution in [3.8, 4) is 5.75 Å². The summed E-state index contributed by atoms with van der Waals surface area (Å²) in [6.07, 6.45) is 1.77. The van der Waals surface area contributed by atoms with E-state index in [2.05, 4.69) is 17.1 Å². The fourth-order valence-corrected chi connectivity index (χ4v) is 1.93. The molecule has 0 amide bonds. The maximum atomic E-state index is 6.08. The van der Waals surface area contributed by atoms with E-state index in [-0.39, 0.29) is 6.61 Å². The summed E-state index contributed by atoms with van der Waals surface area (Å²) in [4.78, 5) is 4.22. The lowest BCUT2D eigenvalue weighted by atomic mass is 10.2. The first-order chi connectivity index (χ1) is 9.24. The number of ether oxygens (including phenoxy) is 1. The number of aromatic nitrogens is 2. The maximum Gasteiger partial charge on any atom is 0.264 e. The number of hydrogen-bond acceptors (Lipinski definition) is 5. The first kappa shape index (κ1) is 13.8. The van der Waals surface area contributed by atoms with Gasteiger partial charge in [0, 0.05) is 18.5 Å². The summed E-state index contributed by atoms with van der Waals surface area (Å²) in [6.45, 7) is 2.61. The molecule has 0 spiro atoms. The molecule has 1 aromatic carbocycles. The van der Waals surface area contributed by atoms with E-state index in [0.29, 0.717) is 29.0 Å². The zero-order valence-electron chi connectivity index (χ0n) is 10.7. The van der Waals surface area contributed by atoms with Crippen LogP contribution in [0.2, 0.25) is 5.02 Å². The van der Waals surface area contributed by atoms with Gasteiger partial charge in [0.1, 0.15) is 5.75 Å². The number of nitrogens with zero attached hydrogens (tertiary/aromatic N) is 2. The summed E-state index contributed by atoms with van der Waals surface area (Å²) in [5.41, 5.74) is 6.49. The summed E-state index contributed by atoms with van der Waals surface area (Å²) in [5.74, 6) is 1.70. The minimum absolute atomic E-state index is 0.188. The Labute approximate surface area is 116 Å². The van der Waals surface area contributed by atoms with Crippen LogP contribution in [0.5, 0.6) is 5.75 Å². The van der Waals surface area contributed by atoms with Gasteiger partial charge in [-0.2, -0.15) is 4.98 Å². The van der Waals surface area contributed by atoms with Crippen molar-refractivity contribution in [2.45, 2.75) is 32.9 Å². The van der Waals surface area contributed by atoms with Crippen LogP contribution in [0.4, 0.5) is 0 Å². The zero-order valence-corrected chi connectivity index (χ0v) is 11.5. The van der Waals surface area contributed by atoms with Gasteiger partial charge in [0.25, 0.3) is 5.89 Å². The van der Waals surface area contributed by atoms with Gasteiger partial charge in [-0.3, -0.25) is 0 Å². The molecule has 0 radical (unpaired) electrons. The Morgan fingerprint density at radius 1 is 1.42 bits per heavy atom. The molecule has 19 heavy (non-hydrogen) atoms. The van der Waals surface area contributed by atoms with Gasteiger partial charge in [-0.05, 0) is 12.5 Å². The molecule has 6 heteroatoms. The second kappa shape index (κ2) is 6.54. The molecule has 102 valence electrons. The van der Waals surface area contributed by atoms with E-state index in [1.807, 2.05) is 12.1 Å². The average Bonchev–Trinajstić information content (AvgIpc) is 2.85. The monoisotopic (exact) mass is 281 g/mol. The lowest BCUT2D eigenvalue weighted by molar-refractivity contribution is 0.241. The summed E-state index contributed by atoms with van der Waals surface area (Å²) < 4.78 is 10.7. The Morgan fingerprint density at radius 3 is 3.00 bits per heavy atom. The van der Waals surface area contributed by atoms with E-state index in [9.17, 15) is 0 Å². The molecule has 0 aliphatic rings. The number of rotatable bonds is 6. The quantitative estimate of drug-likeness (QED) is 0.881. The largest absolute Gasteiger partial charge is 0.482 e. The van der Waals surface area contributed by atoms with Crippen molar-refractivity contribution in [1.29, 1.82) is 0 Å². The van der Waals surface area contributed by atoms with Crippen LogP contribution in [0, 0.1) is 0 Å². The molecule has 0 aliphatic carbocycles. The van der Waals surface area contributed by atoms with Gasteiger partial charge in [0.05, 0.1) is 5.02 Å². The second-order valence-electron chi connectivity index (χ2n) is 4.08. The molecule has 2 aromatic rings. The van der Waals surface area contributed by atoms with Crippen molar-refractivity contribution in [2.24, 2.45) is 5.73 Å². The molecule has 0 aliphatic heterocycles. The predicted molar refractivity (Wildman–Crippen MR) is 72.0 cm³/mol. The molecular weight excluding hydrogens is 266 g/mol. The lowest BCUT2D eigenvalue weighted by Crippen LogP contribution is -2.03. The van der Waals surface area contributed by atoms with Gasteiger partial charge in [-0.15, -0.1) is 0 Å². The molecular formula is C13H16ClN3O2. The minimum Gasteiger partial charge on any atom is -0.482 e. The number of halogens is 1. The molecule has 0 bridgehead atoms. The van der Waals surface area contributed by atoms with E-state index in [4.69, 9.17) is 26.6 Å². The number of nitrogens with two attached hydrogens (primary N) is 1. The normalized spacial score (nSPS) is 10.7. The summed E-state index contributed by atoms with van der Waals surface area (Å²) in [6, 6.07) is 5.47. The molecule has 1 aromatic heterocycles. The highest BCUT2D eigenvalue weighted by Crippen LogP contribution is 2.28. The number of benzene rings is 1. The molecule has 0 unspecified atom stereocenters. The van der Waals surface area contributed by atoms with E-state index in [1.165, 1.54) is 0 Å². The van der Waals surface area contributed by atoms with Crippen LogP contribution in [0.25, 0.3) is 0 Å². The highest BCUT2D eigenvalue weighted by Gasteiger charge is 2.10. The summed E-state index contributed by atoms with van der Waals surface area (Å²) in [5, 5.41) is 4.38. The van der Waals surface area contributed by atoms with Crippen LogP contribution >= 0.6 is 11.6 Å². The molecule has 0 atom stereocenters. The fraction of sp³-hybridized carbons (Fsp3) is 0.385. The third-order valence-electron chi connectivity index (χ3n) is 2.59. The van der Waals surface area contributed by atoms with Crippen molar-refractivity contribution in [2.75, 3.05) is 0 Å². The molecule has 0 fully saturated rings. The molecule has 0 saturated carbocycles. The SMILES string of the molecule is CCCc1noc(COc2c(Cl)cccc2CN)n1. The van der Waals surface area contributed by atoms with Gasteiger partial charge in [0.15, 0.2) is 12.4 Å². The molecule has 1 heterocycles. The third kappa shape index (κ3) is 3.45. The highest BCUT2D eigenvalue weighted by molar-refractivity contribution is 6.32. The van der Waals surface area contributed by atoms with Crippen LogP contribution in [0.3, 0.4) is 0 Å². The first-order valence-corrected chi connectivity index (χ1v) is 6.54. The highest BCUT2D eigenvalue weighted by atomic mass is 35.5. The summed E-state index contributed by atoms with van der Waals surface area (Å²) >= 11 is 6.08. The van der Waals surface area contributed by atoms with E-state index >= 15 is 0 Å². The number of para-hydroxylation sites is 1. The molecule has 2 N–H and O–H groups in total. The van der Waals surface area contributed by atoms with Crippen LogP contribution in [0.15, 0.2) is 22.7 Å². The van der Waals surface area contributed by atoms with Gasteiger partial charge >= 0.3 is 0 Å². The molecule has 0 saturated heterocycles. The van der Waals surface area contributed by atoms with E-state index in [1.54, 1.807) is 6.07 Å². The van der Waals surface area contributed by atoms with Gasteiger partial charge in [-0.1, -0.05) is 35.8 Å². The van der Waals surface area contributed by atoms with Crippen LogP contribution in [-0.2, 0) is 19.6 Å². The van der Waals surface area contributed by atoms with Crippen molar-refractivity contribution in [3.05, 3.63) is 40.5 Å². The molecule has 5 nitrogen and oxygen atoms in total. The Bertz CT molecular complexity index is 542. The Morgan fingerprint density at radius 2 is 2.26 bits per heavy atom. The maximum absolute atomic E-state index is 6.08. The zero-order chi connectivity index (χ0) is 13.7. The standard InChI is InChI=1S/C13H16ClN3O2/c1-2-4-11-16-12(19-17-11)8-18-13-9(7-15)5-3-6-10(13)14/h3,5-6H,2,4,7-8,15H2,1H3.